The summed E-state index contributed by atoms with van der Waals surface area (Å²) < 4.78 is 3.25. The fourth-order valence-corrected chi connectivity index (χ4v) is 5.34. The first-order valence-corrected chi connectivity index (χ1v) is 10.9. The molecule has 108 valence electrons. The molecule has 0 aromatic rings. The molecule has 0 unspecified atom stereocenters. The molecule has 0 rings (SSSR count). The summed E-state index contributed by atoms with van der Waals surface area (Å²) in [4.78, 5) is 19.9. The van der Waals surface area contributed by atoms with E-state index >= 15 is 0 Å². The Bertz CT molecular complexity index is 253. The van der Waals surface area contributed by atoms with Crippen LogP contribution in [0.15, 0.2) is 11.6 Å². The van der Waals surface area contributed by atoms with E-state index in [2.05, 4.69) is 13.8 Å². The Morgan fingerprint density at radius 2 is 1.37 bits per heavy atom. The van der Waals surface area contributed by atoms with E-state index in [4.69, 9.17) is 0 Å². The number of carbonyl (C=O) groups excluding carboxylic acids is 2. The number of rotatable bonds is 9. The maximum absolute atomic E-state index is 9.93. The summed E-state index contributed by atoms with van der Waals surface area (Å²) in [6.07, 6.45) is 7.20. The molecule has 0 aromatic heterocycles. The molecule has 5 heteroatoms. The van der Waals surface area contributed by atoms with Gasteiger partial charge in [-0.1, -0.05) is 13.0 Å². The van der Waals surface area contributed by atoms with E-state index in [9.17, 15) is 19.8 Å². The average molecular weight is 375 g/mol. The molecule has 0 spiro atoms. The minimum absolute atomic E-state index is 0.149. The Hall–Kier alpha value is -0.521. The predicted octanol–water partition coefficient (Wildman–Crippen LogP) is 0.950. The third-order valence-corrected chi connectivity index (χ3v) is 6.30. The summed E-state index contributed by atoms with van der Waals surface area (Å²) in [6.45, 7) is 6.20. The Morgan fingerprint density at radius 3 is 1.58 bits per heavy atom. The number of carboxylic acids is 2. The van der Waals surface area contributed by atoms with Crippen LogP contribution >= 0.6 is 0 Å². The Kier molecular flexibility index (Phi) is 17.0. The van der Waals surface area contributed by atoms with Gasteiger partial charge in [0.2, 0.25) is 0 Å². The fourth-order valence-electron chi connectivity index (χ4n) is 1.18. The van der Waals surface area contributed by atoms with Gasteiger partial charge in [-0.25, -0.2) is 0 Å². The fraction of sp³-hybridized carbons (Fsp3) is 0.714. The first-order chi connectivity index (χ1) is 9.01. The van der Waals surface area contributed by atoms with Gasteiger partial charge in [0.15, 0.2) is 0 Å². The molecule has 0 N–H and O–H groups in total. The zero-order valence-corrected chi connectivity index (χ0v) is 15.0. The van der Waals surface area contributed by atoms with Gasteiger partial charge in [-0.3, -0.25) is 0 Å². The summed E-state index contributed by atoms with van der Waals surface area (Å²) in [7, 11) is 0. The summed E-state index contributed by atoms with van der Waals surface area (Å²) in [5.74, 6) is -3.41. The summed E-state index contributed by atoms with van der Waals surface area (Å²) in [5, 5.41) is 19.9. The van der Waals surface area contributed by atoms with Gasteiger partial charge in [-0.2, -0.15) is 0 Å². The number of carbonyl (C=O) groups is 2. The van der Waals surface area contributed by atoms with E-state index in [0.717, 1.165) is 6.08 Å². The van der Waals surface area contributed by atoms with Gasteiger partial charge < -0.3 is 19.8 Å². The molecule has 0 bridgehead atoms. The molecule has 0 saturated carbocycles. The normalized spacial score (nSPS) is 8.79. The number of carboxylic acid groups (broad SMARTS) is 2. The van der Waals surface area contributed by atoms with E-state index in [0.29, 0.717) is 6.42 Å². The molecule has 0 radical (unpaired) electrons. The van der Waals surface area contributed by atoms with Crippen LogP contribution in [0.3, 0.4) is 0 Å². The van der Waals surface area contributed by atoms with E-state index < -0.39 is 17.5 Å². The molecule has 4 nitrogen and oxygen atoms in total. The van der Waals surface area contributed by atoms with E-state index in [1.165, 1.54) is 25.7 Å². The van der Waals surface area contributed by atoms with Crippen LogP contribution in [0.2, 0.25) is 8.87 Å². The van der Waals surface area contributed by atoms with Gasteiger partial charge >= 0.3 is 69.5 Å². The van der Waals surface area contributed by atoms with Crippen molar-refractivity contribution in [1.82, 2.24) is 0 Å². The second-order valence-corrected chi connectivity index (χ2v) is 8.34. The number of aliphatic carboxylic acids is 2. The minimum atomic E-state index is -1.71. The molecule has 0 aromatic carbocycles. The quantitative estimate of drug-likeness (QED) is 0.198. The Morgan fingerprint density at radius 1 is 0.947 bits per heavy atom. The predicted molar refractivity (Wildman–Crippen MR) is 73.6 cm³/mol. The Labute approximate surface area is 126 Å². The molecular weight excluding hydrogens is 351 g/mol. The molecule has 19 heavy (non-hydrogen) atoms. The van der Waals surface area contributed by atoms with E-state index in [1.807, 2.05) is 0 Å². The van der Waals surface area contributed by atoms with Crippen molar-refractivity contribution in [3.63, 3.8) is 0 Å². The van der Waals surface area contributed by atoms with Gasteiger partial charge in [-0.15, -0.1) is 0 Å². The summed E-state index contributed by atoms with van der Waals surface area (Å²) >= 11 is 0.149. The van der Waals surface area contributed by atoms with Crippen LogP contribution in [0.5, 0.6) is 0 Å². The summed E-state index contributed by atoms with van der Waals surface area (Å²) in [6, 6.07) is 0. The standard InChI is InChI=1S/C6H8O4.2C4H9.Sn/c1-2-3-4(5(7)8)6(9)10;2*1-3-4-2;/h3H,2H2,1H3,(H,7,8)(H,9,10);2*1,3-4H2,2H3;/q;;;+2/p-2. The van der Waals surface area contributed by atoms with Crippen molar-refractivity contribution in [3.8, 4) is 0 Å². The van der Waals surface area contributed by atoms with Crippen LogP contribution in [0, 0.1) is 0 Å². The third-order valence-electron chi connectivity index (χ3n) is 2.26. The number of unbranched alkanes of at least 4 members (excludes halogenated alkanes) is 2. The van der Waals surface area contributed by atoms with Crippen LogP contribution in [0.4, 0.5) is 0 Å². The van der Waals surface area contributed by atoms with Gasteiger partial charge in [0.1, 0.15) is 0 Å². The number of allylic oxidation sites excluding steroid dienone is 1. The Balaban J connectivity index is 0. The maximum atomic E-state index is 9.93. The zero-order chi connectivity index (χ0) is 15.1. The molecule has 0 heterocycles. The van der Waals surface area contributed by atoms with Crippen LogP contribution in [0.25, 0.3) is 0 Å². The molecule has 0 amide bonds. The van der Waals surface area contributed by atoms with E-state index in [1.54, 1.807) is 15.8 Å². The first kappa shape index (κ1) is 20.8. The molecule has 0 atom stereocenters. The molecule has 0 aliphatic carbocycles. The second-order valence-electron chi connectivity index (χ2n) is 4.06. The SMILES string of the molecule is CCC=C(C(=O)[O-])C(=O)[O-].CCC[CH2][Sn+2][CH2]CCC. The van der Waals surface area contributed by atoms with Gasteiger partial charge in [-0.05, 0) is 6.42 Å². The first-order valence-electron chi connectivity index (χ1n) is 6.84. The topological polar surface area (TPSA) is 80.3 Å². The number of hydrogen-bond donors (Lipinski definition) is 0. The van der Waals surface area contributed by atoms with Gasteiger partial charge in [0.05, 0.1) is 11.9 Å². The van der Waals surface area contributed by atoms with E-state index in [-0.39, 0.29) is 21.1 Å². The van der Waals surface area contributed by atoms with Gasteiger partial charge in [0.25, 0.3) is 0 Å². The molecule has 0 aliphatic rings. The van der Waals surface area contributed by atoms with Crippen molar-refractivity contribution in [2.45, 2.75) is 61.7 Å². The zero-order valence-electron chi connectivity index (χ0n) is 12.2. The van der Waals surface area contributed by atoms with Crippen molar-refractivity contribution in [3.05, 3.63) is 11.6 Å². The van der Waals surface area contributed by atoms with Crippen molar-refractivity contribution >= 4 is 33.1 Å². The molecule has 0 fully saturated rings. The van der Waals surface area contributed by atoms with Gasteiger partial charge in [0, 0.05) is 5.57 Å². The number of hydrogen-bond acceptors (Lipinski definition) is 4. The third kappa shape index (κ3) is 15.4. The van der Waals surface area contributed by atoms with Crippen LogP contribution in [-0.2, 0) is 9.59 Å². The molecule has 0 saturated heterocycles. The van der Waals surface area contributed by atoms with Crippen molar-refractivity contribution < 1.29 is 19.8 Å². The molecule has 0 aliphatic heterocycles. The molecular formula is C14H24O4Sn. The monoisotopic (exact) mass is 376 g/mol. The second kappa shape index (κ2) is 15.5. The van der Waals surface area contributed by atoms with Crippen molar-refractivity contribution in [2.75, 3.05) is 0 Å². The van der Waals surface area contributed by atoms with Crippen LogP contribution in [-0.4, -0.2) is 33.1 Å². The van der Waals surface area contributed by atoms with Crippen molar-refractivity contribution in [1.29, 1.82) is 0 Å². The van der Waals surface area contributed by atoms with Crippen molar-refractivity contribution in [2.24, 2.45) is 0 Å². The van der Waals surface area contributed by atoms with Crippen LogP contribution in [0.1, 0.15) is 52.9 Å². The van der Waals surface area contributed by atoms with Crippen LogP contribution < -0.4 is 10.2 Å². The average Bonchev–Trinajstić information content (AvgIpc) is 2.36. The summed E-state index contributed by atoms with van der Waals surface area (Å²) in [5.41, 5.74) is -0.789.